The van der Waals surface area contributed by atoms with E-state index in [2.05, 4.69) is 31.3 Å². The number of rotatable bonds is 6. The number of ether oxygens (including phenoxy) is 3. The lowest BCUT2D eigenvalue weighted by atomic mass is 10.1. The van der Waals surface area contributed by atoms with Crippen molar-refractivity contribution in [1.82, 2.24) is 5.32 Å². The summed E-state index contributed by atoms with van der Waals surface area (Å²) >= 11 is 5.12. The molecule has 0 unspecified atom stereocenters. The van der Waals surface area contributed by atoms with Gasteiger partial charge in [-0.05, 0) is 74.8 Å². The predicted octanol–water partition coefficient (Wildman–Crippen LogP) is 4.47. The monoisotopic (exact) mass is 359 g/mol. The minimum atomic E-state index is 0.303. The summed E-state index contributed by atoms with van der Waals surface area (Å²) in [6, 6.07) is 9.84. The molecule has 0 saturated carbocycles. The van der Waals surface area contributed by atoms with Crippen LogP contribution >= 0.6 is 12.2 Å². The van der Waals surface area contributed by atoms with Crippen LogP contribution in [0.2, 0.25) is 0 Å². The van der Waals surface area contributed by atoms with E-state index in [1.54, 1.807) is 7.05 Å². The molecule has 134 valence electrons. The molecule has 0 aliphatic carbocycles. The number of benzene rings is 2. The Labute approximate surface area is 155 Å². The molecule has 0 radical (unpaired) electrons. The van der Waals surface area contributed by atoms with Gasteiger partial charge in [0.2, 0.25) is 0 Å². The molecule has 5 heteroatoms. The Bertz CT molecular complexity index is 759. The zero-order chi connectivity index (χ0) is 18.4. The maximum absolute atomic E-state index is 6.08. The van der Waals surface area contributed by atoms with E-state index in [0.717, 1.165) is 22.6 Å². The normalized spacial score (nSPS) is 10.3. The molecule has 25 heavy (non-hydrogen) atoms. The van der Waals surface area contributed by atoms with Crippen molar-refractivity contribution in [3.05, 3.63) is 52.6 Å². The van der Waals surface area contributed by atoms with Crippen molar-refractivity contribution in [2.45, 2.75) is 34.3 Å². The number of hydrogen-bond acceptors (Lipinski definition) is 4. The fraction of sp³-hybridized carbons (Fsp3) is 0.350. The Morgan fingerprint density at radius 3 is 2.32 bits per heavy atom. The fourth-order valence-electron chi connectivity index (χ4n) is 2.46. The zero-order valence-electron chi connectivity index (χ0n) is 15.4. The topological polar surface area (TPSA) is 39.7 Å². The van der Waals surface area contributed by atoms with Crippen LogP contribution in [0, 0.1) is 20.8 Å². The third-order valence-corrected chi connectivity index (χ3v) is 4.25. The van der Waals surface area contributed by atoms with Gasteiger partial charge in [0.25, 0.3) is 5.17 Å². The molecule has 0 amide bonds. The smallest absolute Gasteiger partial charge is 0.261 e. The van der Waals surface area contributed by atoms with Gasteiger partial charge in [-0.3, -0.25) is 0 Å². The summed E-state index contributed by atoms with van der Waals surface area (Å²) in [4.78, 5) is 0. The summed E-state index contributed by atoms with van der Waals surface area (Å²) < 4.78 is 17.5. The molecule has 0 fully saturated rings. The van der Waals surface area contributed by atoms with Crippen LogP contribution in [0.3, 0.4) is 0 Å². The lowest BCUT2D eigenvalue weighted by Crippen LogP contribution is -2.22. The van der Waals surface area contributed by atoms with E-state index in [4.69, 9.17) is 26.4 Å². The van der Waals surface area contributed by atoms with Crippen LogP contribution in [-0.4, -0.2) is 18.8 Å². The first-order valence-corrected chi connectivity index (χ1v) is 8.72. The Hall–Kier alpha value is -2.27. The van der Waals surface area contributed by atoms with Crippen LogP contribution in [0.5, 0.6) is 17.2 Å². The van der Waals surface area contributed by atoms with Crippen molar-refractivity contribution in [2.24, 2.45) is 0 Å². The molecule has 1 N–H and O–H groups in total. The summed E-state index contributed by atoms with van der Waals surface area (Å²) in [5.41, 5.74) is 4.39. The van der Waals surface area contributed by atoms with Gasteiger partial charge in [0.15, 0.2) is 0 Å². The minimum absolute atomic E-state index is 0.303. The minimum Gasteiger partial charge on any atom is -0.493 e. The third-order valence-electron chi connectivity index (χ3n) is 3.96. The molecular formula is C20H25NO3S. The number of nitrogens with one attached hydrogen (secondary N) is 1. The second-order valence-corrected chi connectivity index (χ2v) is 6.17. The van der Waals surface area contributed by atoms with Crippen molar-refractivity contribution in [3.8, 4) is 17.2 Å². The summed E-state index contributed by atoms with van der Waals surface area (Å²) in [6.07, 6.45) is 0. The summed E-state index contributed by atoms with van der Waals surface area (Å²) in [5, 5.41) is 3.12. The van der Waals surface area contributed by atoms with E-state index in [9.17, 15) is 0 Å². The van der Waals surface area contributed by atoms with Gasteiger partial charge in [0, 0.05) is 7.05 Å². The van der Waals surface area contributed by atoms with Crippen LogP contribution < -0.4 is 19.5 Å². The van der Waals surface area contributed by atoms with Crippen LogP contribution in [-0.2, 0) is 6.61 Å². The second-order valence-electron chi connectivity index (χ2n) is 5.80. The van der Waals surface area contributed by atoms with Crippen molar-refractivity contribution in [3.63, 3.8) is 0 Å². The number of aryl methyl sites for hydroxylation is 3. The van der Waals surface area contributed by atoms with Crippen molar-refractivity contribution in [1.29, 1.82) is 0 Å². The SMILES string of the molecule is CCOc1cccc(OC(=S)NC)c1COc1cc(C)c(C)cc1C. The van der Waals surface area contributed by atoms with Gasteiger partial charge in [-0.2, -0.15) is 0 Å². The molecule has 0 aromatic heterocycles. The van der Waals surface area contributed by atoms with Gasteiger partial charge in [-0.15, -0.1) is 0 Å². The van der Waals surface area contributed by atoms with E-state index in [0.29, 0.717) is 24.1 Å². The molecule has 0 spiro atoms. The average Bonchev–Trinajstić information content (AvgIpc) is 2.58. The van der Waals surface area contributed by atoms with Crippen LogP contribution in [0.25, 0.3) is 0 Å². The molecular weight excluding hydrogens is 334 g/mol. The number of hydrogen-bond donors (Lipinski definition) is 1. The summed E-state index contributed by atoms with van der Waals surface area (Å²) in [6.45, 7) is 9.07. The van der Waals surface area contributed by atoms with Crippen molar-refractivity contribution in [2.75, 3.05) is 13.7 Å². The molecule has 0 bridgehead atoms. The highest BCUT2D eigenvalue weighted by Crippen LogP contribution is 2.31. The van der Waals surface area contributed by atoms with Gasteiger partial charge < -0.3 is 19.5 Å². The Morgan fingerprint density at radius 1 is 0.960 bits per heavy atom. The lowest BCUT2D eigenvalue weighted by Gasteiger charge is -2.17. The van der Waals surface area contributed by atoms with Gasteiger partial charge >= 0.3 is 0 Å². The average molecular weight is 359 g/mol. The van der Waals surface area contributed by atoms with Crippen molar-refractivity contribution < 1.29 is 14.2 Å². The quantitative estimate of drug-likeness (QED) is 0.771. The van der Waals surface area contributed by atoms with Gasteiger partial charge in [0.05, 0.1) is 12.2 Å². The summed E-state index contributed by atoms with van der Waals surface area (Å²) in [7, 11) is 1.73. The standard InChI is InChI=1S/C20H25NO3S/c1-6-22-17-8-7-9-18(24-20(25)21-5)16(17)12-23-19-11-14(3)13(2)10-15(19)4/h7-11H,6,12H2,1-5H3,(H,21,25). The fourth-order valence-corrected chi connectivity index (χ4v) is 2.55. The zero-order valence-corrected chi connectivity index (χ0v) is 16.3. The maximum atomic E-state index is 6.08. The Balaban J connectivity index is 2.30. The van der Waals surface area contributed by atoms with E-state index in [-0.39, 0.29) is 0 Å². The Kier molecular flexibility index (Phi) is 6.65. The molecule has 4 nitrogen and oxygen atoms in total. The molecule has 0 aliphatic rings. The molecule has 0 saturated heterocycles. The van der Waals surface area contributed by atoms with Gasteiger partial charge in [-0.25, -0.2) is 0 Å². The van der Waals surface area contributed by atoms with Gasteiger partial charge in [-0.1, -0.05) is 12.1 Å². The van der Waals surface area contributed by atoms with Gasteiger partial charge in [0.1, 0.15) is 23.9 Å². The Morgan fingerprint density at radius 2 is 1.64 bits per heavy atom. The molecule has 0 atom stereocenters. The number of thiocarbonyl (C=S) groups is 1. The molecule has 2 aromatic rings. The lowest BCUT2D eigenvalue weighted by molar-refractivity contribution is 0.280. The highest BCUT2D eigenvalue weighted by molar-refractivity contribution is 7.80. The van der Waals surface area contributed by atoms with Crippen molar-refractivity contribution >= 4 is 17.4 Å². The molecule has 0 heterocycles. The van der Waals surface area contributed by atoms with Crippen LogP contribution in [0.4, 0.5) is 0 Å². The van der Waals surface area contributed by atoms with Crippen LogP contribution in [0.15, 0.2) is 30.3 Å². The van der Waals surface area contributed by atoms with Crippen LogP contribution in [0.1, 0.15) is 29.2 Å². The first-order chi connectivity index (χ1) is 12.0. The van der Waals surface area contributed by atoms with E-state index in [1.807, 2.05) is 32.0 Å². The predicted molar refractivity (Wildman–Crippen MR) is 105 cm³/mol. The van der Waals surface area contributed by atoms with E-state index in [1.165, 1.54) is 11.1 Å². The highest BCUT2D eigenvalue weighted by Gasteiger charge is 2.14. The summed E-state index contributed by atoms with van der Waals surface area (Å²) in [5.74, 6) is 2.23. The second kappa shape index (κ2) is 8.72. The molecule has 0 aliphatic heterocycles. The molecule has 2 rings (SSSR count). The maximum Gasteiger partial charge on any atom is 0.261 e. The first-order valence-electron chi connectivity index (χ1n) is 8.31. The third kappa shape index (κ3) is 4.86. The van der Waals surface area contributed by atoms with E-state index >= 15 is 0 Å². The first kappa shape index (κ1) is 19.1. The van der Waals surface area contributed by atoms with E-state index < -0.39 is 0 Å². The molecule has 2 aromatic carbocycles. The largest absolute Gasteiger partial charge is 0.493 e. The highest BCUT2D eigenvalue weighted by atomic mass is 32.1.